The number of rotatable bonds is 4. The maximum Gasteiger partial charge on any atom is 0.316 e. The first-order chi connectivity index (χ1) is 14.6. The minimum atomic E-state index is 0.458. The van der Waals surface area contributed by atoms with Crippen molar-refractivity contribution in [1.29, 1.82) is 0 Å². The van der Waals surface area contributed by atoms with Crippen LogP contribution in [0.1, 0.15) is 29.8 Å². The second-order valence-corrected chi connectivity index (χ2v) is 8.80. The lowest BCUT2D eigenvalue weighted by Gasteiger charge is -2.32. The van der Waals surface area contributed by atoms with Crippen molar-refractivity contribution in [3.63, 3.8) is 0 Å². The predicted octanol–water partition coefficient (Wildman–Crippen LogP) is 4.63. The van der Waals surface area contributed by atoms with E-state index in [1.807, 2.05) is 12.1 Å². The van der Waals surface area contributed by atoms with Crippen LogP contribution in [0, 0.1) is 6.92 Å². The summed E-state index contributed by atoms with van der Waals surface area (Å²) in [7, 11) is 2.16. The van der Waals surface area contributed by atoms with E-state index in [1.165, 1.54) is 18.4 Å². The van der Waals surface area contributed by atoms with Crippen molar-refractivity contribution in [3.05, 3.63) is 58.4 Å². The zero-order chi connectivity index (χ0) is 20.7. The van der Waals surface area contributed by atoms with Crippen molar-refractivity contribution in [2.75, 3.05) is 31.6 Å². The highest BCUT2D eigenvalue weighted by atomic mass is 35.5. The Kier molecular flexibility index (Phi) is 5.25. The van der Waals surface area contributed by atoms with Gasteiger partial charge >= 0.3 is 6.01 Å². The Morgan fingerprint density at radius 2 is 1.97 bits per heavy atom. The molecule has 0 radical (unpaired) electrons. The summed E-state index contributed by atoms with van der Waals surface area (Å²) in [6.07, 6.45) is 3.33. The van der Waals surface area contributed by atoms with Crippen LogP contribution < -0.4 is 9.64 Å². The summed E-state index contributed by atoms with van der Waals surface area (Å²) in [6.45, 7) is 5.52. The first-order valence-electron chi connectivity index (χ1n) is 10.7. The third kappa shape index (κ3) is 3.61. The molecule has 3 heterocycles. The lowest BCUT2D eigenvalue weighted by molar-refractivity contribution is 0.187. The summed E-state index contributed by atoms with van der Waals surface area (Å²) in [6, 6.07) is 13.4. The smallest absolute Gasteiger partial charge is 0.316 e. The molecule has 0 saturated carbocycles. The van der Waals surface area contributed by atoms with Gasteiger partial charge in [-0.25, -0.2) is 4.98 Å². The van der Waals surface area contributed by atoms with Crippen LogP contribution >= 0.6 is 11.6 Å². The Morgan fingerprint density at radius 1 is 1.13 bits per heavy atom. The number of likely N-dealkylation sites (N-methyl/N-ethyl adjacent to an activating group) is 1. The molecule has 5 nitrogen and oxygen atoms in total. The second kappa shape index (κ2) is 8.05. The molecule has 156 valence electrons. The van der Waals surface area contributed by atoms with Gasteiger partial charge in [0.25, 0.3) is 0 Å². The number of fused-ring (bicyclic) bond motifs is 2. The molecule has 30 heavy (non-hydrogen) atoms. The summed E-state index contributed by atoms with van der Waals surface area (Å²) in [4.78, 5) is 14.2. The van der Waals surface area contributed by atoms with Crippen LogP contribution in [0.15, 0.2) is 36.4 Å². The monoisotopic (exact) mass is 422 g/mol. The highest BCUT2D eigenvalue weighted by Gasteiger charge is 2.25. The average molecular weight is 423 g/mol. The van der Waals surface area contributed by atoms with Crippen molar-refractivity contribution >= 4 is 28.1 Å². The third-order valence-corrected chi connectivity index (χ3v) is 6.82. The van der Waals surface area contributed by atoms with Crippen LogP contribution in [0.5, 0.6) is 6.01 Å². The molecule has 0 aliphatic carbocycles. The molecule has 2 aliphatic rings. The lowest BCUT2D eigenvalue weighted by atomic mass is 10.0. The zero-order valence-corrected chi connectivity index (χ0v) is 18.3. The van der Waals surface area contributed by atoms with Crippen LogP contribution in [0.2, 0.25) is 5.02 Å². The van der Waals surface area contributed by atoms with Gasteiger partial charge in [0, 0.05) is 29.4 Å². The van der Waals surface area contributed by atoms with Crippen molar-refractivity contribution in [1.82, 2.24) is 14.9 Å². The number of aromatic nitrogens is 2. The number of anilines is 1. The van der Waals surface area contributed by atoms with E-state index < -0.39 is 0 Å². The lowest BCUT2D eigenvalue weighted by Crippen LogP contribution is -2.33. The molecule has 0 bridgehead atoms. The number of nitrogens with zero attached hydrogens (tertiary/aromatic N) is 4. The van der Waals surface area contributed by atoms with Crippen LogP contribution in [0.25, 0.3) is 10.8 Å². The van der Waals surface area contributed by atoms with E-state index >= 15 is 0 Å². The molecular weight excluding hydrogens is 396 g/mol. The first kappa shape index (κ1) is 19.6. The van der Waals surface area contributed by atoms with Crippen LogP contribution in [-0.2, 0) is 13.0 Å². The second-order valence-electron chi connectivity index (χ2n) is 8.39. The van der Waals surface area contributed by atoms with E-state index in [0.717, 1.165) is 58.9 Å². The summed E-state index contributed by atoms with van der Waals surface area (Å²) in [5, 5.41) is 3.06. The molecule has 0 spiro atoms. The fourth-order valence-corrected chi connectivity index (χ4v) is 5.04. The van der Waals surface area contributed by atoms with Gasteiger partial charge in [0.2, 0.25) is 0 Å². The highest BCUT2D eigenvalue weighted by molar-refractivity contribution is 6.36. The standard InChI is InChI=1S/C24H27ClN4O/c1-16-19-11-13-29(22-10-4-7-17-6-3-9-20(25)23(17)22)14-21(19)27-24(26-16)30-15-18-8-5-12-28(18)2/h3-4,6-7,9-10,18H,5,8,11-15H2,1-2H3. The highest BCUT2D eigenvalue weighted by Crippen LogP contribution is 2.35. The molecular formula is C24H27ClN4O. The van der Waals surface area contributed by atoms with Crippen LogP contribution in [0.4, 0.5) is 5.69 Å². The normalized spacial score (nSPS) is 19.3. The number of benzene rings is 2. The number of hydrogen-bond acceptors (Lipinski definition) is 5. The van der Waals surface area contributed by atoms with Crippen LogP contribution in [0.3, 0.4) is 0 Å². The van der Waals surface area contributed by atoms with Gasteiger partial charge in [-0.15, -0.1) is 0 Å². The molecule has 1 unspecified atom stereocenters. The van der Waals surface area contributed by atoms with Crippen molar-refractivity contribution in [3.8, 4) is 6.01 Å². The van der Waals surface area contributed by atoms with E-state index in [9.17, 15) is 0 Å². The minimum absolute atomic E-state index is 0.458. The quantitative estimate of drug-likeness (QED) is 0.613. The zero-order valence-electron chi connectivity index (χ0n) is 17.6. The van der Waals surface area contributed by atoms with Crippen LogP contribution in [-0.4, -0.2) is 47.7 Å². The van der Waals surface area contributed by atoms with Gasteiger partial charge in [0.05, 0.1) is 17.3 Å². The first-order valence-corrected chi connectivity index (χ1v) is 11.1. The van der Waals surface area contributed by atoms with Gasteiger partial charge < -0.3 is 14.5 Å². The number of aryl methyl sites for hydroxylation is 1. The van der Waals surface area contributed by atoms with Gasteiger partial charge in [-0.3, -0.25) is 0 Å². The number of ether oxygens (including phenoxy) is 1. The largest absolute Gasteiger partial charge is 0.462 e. The number of likely N-dealkylation sites (tertiary alicyclic amines) is 1. The summed E-state index contributed by atoms with van der Waals surface area (Å²) >= 11 is 6.57. The van der Waals surface area contributed by atoms with Crippen molar-refractivity contribution in [2.24, 2.45) is 0 Å². The fourth-order valence-electron chi connectivity index (χ4n) is 4.76. The molecule has 0 N–H and O–H groups in total. The molecule has 6 heteroatoms. The maximum atomic E-state index is 6.57. The molecule has 2 aliphatic heterocycles. The maximum absolute atomic E-state index is 6.57. The van der Waals surface area contributed by atoms with Gasteiger partial charge in [-0.05, 0) is 62.9 Å². The number of hydrogen-bond donors (Lipinski definition) is 0. The summed E-state index contributed by atoms with van der Waals surface area (Å²) in [5.41, 5.74) is 4.51. The van der Waals surface area contributed by atoms with Gasteiger partial charge in [0.15, 0.2) is 0 Å². The molecule has 5 rings (SSSR count). The van der Waals surface area contributed by atoms with Crippen molar-refractivity contribution in [2.45, 2.75) is 38.8 Å². The molecule has 1 atom stereocenters. The summed E-state index contributed by atoms with van der Waals surface area (Å²) < 4.78 is 6.03. The Bertz CT molecular complexity index is 1080. The topological polar surface area (TPSA) is 41.5 Å². The Morgan fingerprint density at radius 3 is 2.77 bits per heavy atom. The molecule has 3 aromatic rings. The van der Waals surface area contributed by atoms with E-state index in [1.54, 1.807) is 0 Å². The Labute approximate surface area is 182 Å². The Hall–Kier alpha value is -2.37. The molecule has 0 amide bonds. The molecule has 1 aromatic heterocycles. The van der Waals surface area contributed by atoms with E-state index in [-0.39, 0.29) is 0 Å². The fraction of sp³-hybridized carbons (Fsp3) is 0.417. The molecule has 1 saturated heterocycles. The Balaban J connectivity index is 1.41. The minimum Gasteiger partial charge on any atom is -0.462 e. The van der Waals surface area contributed by atoms with Gasteiger partial charge in [-0.1, -0.05) is 35.9 Å². The van der Waals surface area contributed by atoms with E-state index in [0.29, 0.717) is 18.7 Å². The molecule has 1 fully saturated rings. The van der Waals surface area contributed by atoms with Gasteiger partial charge in [-0.2, -0.15) is 4.98 Å². The van der Waals surface area contributed by atoms with Crippen molar-refractivity contribution < 1.29 is 4.74 Å². The predicted molar refractivity (Wildman–Crippen MR) is 122 cm³/mol. The number of halogens is 1. The van der Waals surface area contributed by atoms with E-state index in [4.69, 9.17) is 21.3 Å². The van der Waals surface area contributed by atoms with E-state index in [2.05, 4.69) is 53.0 Å². The average Bonchev–Trinajstić information content (AvgIpc) is 3.16. The summed E-state index contributed by atoms with van der Waals surface area (Å²) in [5.74, 6) is 0. The third-order valence-electron chi connectivity index (χ3n) is 6.50. The molecule has 2 aromatic carbocycles. The SMILES string of the molecule is Cc1nc(OCC2CCCN2C)nc2c1CCN(c1cccc3cccc(Cl)c13)C2. The van der Waals surface area contributed by atoms with Gasteiger partial charge in [0.1, 0.15) is 6.61 Å².